The second-order valence-electron chi connectivity index (χ2n) is 5.75. The maximum Gasteiger partial charge on any atom is 0.150 e. The van der Waals surface area contributed by atoms with Crippen molar-refractivity contribution in [3.8, 4) is 5.75 Å². The summed E-state index contributed by atoms with van der Waals surface area (Å²) in [6.45, 7) is 0. The van der Waals surface area contributed by atoms with Gasteiger partial charge in [0.25, 0.3) is 0 Å². The van der Waals surface area contributed by atoms with Gasteiger partial charge in [-0.3, -0.25) is 4.79 Å². The van der Waals surface area contributed by atoms with Crippen LogP contribution in [0.4, 0.5) is 0 Å². The number of aldehydes is 1. The molecule has 24 heavy (non-hydrogen) atoms. The van der Waals surface area contributed by atoms with Crippen LogP contribution >= 0.6 is 0 Å². The number of carbonyl (C=O) groups is 1. The quantitative estimate of drug-likeness (QED) is 0.648. The average Bonchev–Trinajstić information content (AvgIpc) is 2.67. The summed E-state index contributed by atoms with van der Waals surface area (Å²) in [6.07, 6.45) is 0.927. The largest absolute Gasteiger partial charge is 0.456 e. The van der Waals surface area contributed by atoms with Crippen LogP contribution in [0.25, 0.3) is 5.76 Å². The predicted octanol–water partition coefficient (Wildman–Crippen LogP) is 4.82. The molecule has 0 saturated carbocycles. The topological polar surface area (TPSA) is 26.3 Å². The number of hydrogen-bond donors (Lipinski definition) is 0. The van der Waals surface area contributed by atoms with Crippen molar-refractivity contribution in [2.24, 2.45) is 0 Å². The van der Waals surface area contributed by atoms with Gasteiger partial charge in [-0.2, -0.15) is 0 Å². The number of allylic oxidation sites excluding steroid dienone is 1. The van der Waals surface area contributed by atoms with Gasteiger partial charge in [-0.25, -0.2) is 0 Å². The second-order valence-corrected chi connectivity index (χ2v) is 5.75. The minimum Gasteiger partial charge on any atom is -0.456 e. The summed E-state index contributed by atoms with van der Waals surface area (Å²) in [6, 6.07) is 27.8. The molecule has 116 valence electrons. The standard InChI is InChI=1S/C22H16O2/c23-15-19-21(16-9-3-1-4-10-16)18-13-7-8-14-20(18)24-22(19)17-11-5-2-6-12-17/h1-15,21H/t21-/m1/s1. The third-order valence-electron chi connectivity index (χ3n) is 4.31. The zero-order valence-electron chi connectivity index (χ0n) is 13.1. The van der Waals surface area contributed by atoms with Crippen LogP contribution in [0.2, 0.25) is 0 Å². The fraction of sp³-hybridized carbons (Fsp3) is 0.0455. The van der Waals surface area contributed by atoms with Crippen molar-refractivity contribution >= 4 is 12.0 Å². The molecular formula is C22H16O2. The third kappa shape index (κ3) is 2.42. The van der Waals surface area contributed by atoms with Crippen molar-refractivity contribution in [3.05, 3.63) is 107 Å². The Hall–Kier alpha value is -3.13. The fourth-order valence-electron chi connectivity index (χ4n) is 3.22. The predicted molar refractivity (Wildman–Crippen MR) is 94.8 cm³/mol. The molecule has 1 heterocycles. The highest BCUT2D eigenvalue weighted by Gasteiger charge is 2.31. The molecule has 0 bridgehead atoms. The van der Waals surface area contributed by atoms with Crippen molar-refractivity contribution in [2.45, 2.75) is 5.92 Å². The van der Waals surface area contributed by atoms with Crippen molar-refractivity contribution in [1.29, 1.82) is 0 Å². The highest BCUT2D eigenvalue weighted by molar-refractivity contribution is 5.91. The van der Waals surface area contributed by atoms with Crippen LogP contribution in [0.1, 0.15) is 22.6 Å². The van der Waals surface area contributed by atoms with Gasteiger partial charge in [-0.05, 0) is 11.6 Å². The minimum absolute atomic E-state index is 0.121. The molecule has 0 radical (unpaired) electrons. The van der Waals surface area contributed by atoms with E-state index in [-0.39, 0.29) is 5.92 Å². The van der Waals surface area contributed by atoms with E-state index in [0.717, 1.165) is 28.7 Å². The highest BCUT2D eigenvalue weighted by Crippen LogP contribution is 2.44. The Morgan fingerprint density at radius 3 is 2.08 bits per heavy atom. The molecule has 0 aliphatic carbocycles. The molecule has 0 N–H and O–H groups in total. The lowest BCUT2D eigenvalue weighted by Crippen LogP contribution is -2.17. The first kappa shape index (κ1) is 14.5. The average molecular weight is 312 g/mol. The monoisotopic (exact) mass is 312 g/mol. The molecule has 1 atom stereocenters. The first-order valence-corrected chi connectivity index (χ1v) is 7.95. The van der Waals surface area contributed by atoms with Gasteiger partial charge in [-0.15, -0.1) is 0 Å². The van der Waals surface area contributed by atoms with Crippen molar-refractivity contribution < 1.29 is 9.53 Å². The molecule has 4 rings (SSSR count). The van der Waals surface area contributed by atoms with Crippen molar-refractivity contribution in [3.63, 3.8) is 0 Å². The van der Waals surface area contributed by atoms with Gasteiger partial charge in [0, 0.05) is 22.6 Å². The summed E-state index contributed by atoms with van der Waals surface area (Å²) in [4.78, 5) is 12.0. The molecule has 0 aromatic heterocycles. The van der Waals surface area contributed by atoms with Crippen LogP contribution in [0.5, 0.6) is 5.75 Å². The zero-order valence-corrected chi connectivity index (χ0v) is 13.1. The molecule has 1 aliphatic heterocycles. The van der Waals surface area contributed by atoms with E-state index in [4.69, 9.17) is 4.74 Å². The molecule has 3 aromatic rings. The van der Waals surface area contributed by atoms with Crippen LogP contribution in [0.3, 0.4) is 0 Å². The number of benzene rings is 3. The van der Waals surface area contributed by atoms with Crippen LogP contribution in [0.15, 0.2) is 90.5 Å². The minimum atomic E-state index is -0.121. The number of rotatable bonds is 3. The Morgan fingerprint density at radius 2 is 1.38 bits per heavy atom. The normalized spacial score (nSPS) is 16.2. The van der Waals surface area contributed by atoms with Gasteiger partial charge in [0.15, 0.2) is 6.29 Å². The summed E-state index contributed by atoms with van der Waals surface area (Å²) >= 11 is 0. The molecule has 0 unspecified atom stereocenters. The zero-order chi connectivity index (χ0) is 16.4. The van der Waals surface area contributed by atoms with Crippen LogP contribution in [-0.2, 0) is 4.79 Å². The Morgan fingerprint density at radius 1 is 0.750 bits per heavy atom. The summed E-state index contributed by atoms with van der Waals surface area (Å²) in [5.74, 6) is 1.32. The lowest BCUT2D eigenvalue weighted by Gasteiger charge is -2.29. The number of hydrogen-bond acceptors (Lipinski definition) is 2. The van der Waals surface area contributed by atoms with Gasteiger partial charge in [0.1, 0.15) is 11.5 Å². The van der Waals surface area contributed by atoms with Gasteiger partial charge >= 0.3 is 0 Å². The summed E-state index contributed by atoms with van der Waals surface area (Å²) in [7, 11) is 0. The molecule has 0 fully saturated rings. The van der Waals surface area contributed by atoms with E-state index in [0.29, 0.717) is 11.3 Å². The Balaban J connectivity index is 1.97. The molecule has 3 aromatic carbocycles. The van der Waals surface area contributed by atoms with E-state index in [1.807, 2.05) is 72.8 Å². The number of carbonyl (C=O) groups excluding carboxylic acids is 1. The third-order valence-corrected chi connectivity index (χ3v) is 4.31. The lowest BCUT2D eigenvalue weighted by molar-refractivity contribution is -0.105. The van der Waals surface area contributed by atoms with E-state index >= 15 is 0 Å². The molecule has 2 nitrogen and oxygen atoms in total. The lowest BCUT2D eigenvalue weighted by atomic mass is 9.82. The molecule has 0 spiro atoms. The van der Waals surface area contributed by atoms with Gasteiger partial charge < -0.3 is 4.74 Å². The van der Waals surface area contributed by atoms with E-state index in [9.17, 15) is 4.79 Å². The van der Waals surface area contributed by atoms with E-state index < -0.39 is 0 Å². The second kappa shape index (κ2) is 6.17. The Bertz CT molecular complexity index is 896. The van der Waals surface area contributed by atoms with Gasteiger partial charge in [0.05, 0.1) is 0 Å². The molecule has 0 saturated heterocycles. The summed E-state index contributed by atoms with van der Waals surface area (Å²) in [5.41, 5.74) is 3.68. The smallest absolute Gasteiger partial charge is 0.150 e. The first-order valence-electron chi connectivity index (χ1n) is 7.95. The summed E-state index contributed by atoms with van der Waals surface area (Å²) < 4.78 is 6.12. The number of ether oxygens (including phenoxy) is 1. The van der Waals surface area contributed by atoms with Crippen molar-refractivity contribution in [1.82, 2.24) is 0 Å². The molecule has 2 heteroatoms. The van der Waals surface area contributed by atoms with Crippen LogP contribution in [-0.4, -0.2) is 6.29 Å². The highest BCUT2D eigenvalue weighted by atomic mass is 16.5. The number of fused-ring (bicyclic) bond motifs is 1. The van der Waals surface area contributed by atoms with Crippen molar-refractivity contribution in [2.75, 3.05) is 0 Å². The maximum atomic E-state index is 12.0. The van der Waals surface area contributed by atoms with Gasteiger partial charge in [-0.1, -0.05) is 78.9 Å². The van der Waals surface area contributed by atoms with E-state index in [1.54, 1.807) is 0 Å². The van der Waals surface area contributed by atoms with E-state index in [1.165, 1.54) is 0 Å². The Labute approximate surface area is 141 Å². The fourth-order valence-corrected chi connectivity index (χ4v) is 3.22. The maximum absolute atomic E-state index is 12.0. The van der Waals surface area contributed by atoms with Crippen LogP contribution < -0.4 is 4.74 Å². The van der Waals surface area contributed by atoms with Crippen LogP contribution in [0, 0.1) is 0 Å². The molecule has 0 amide bonds. The number of para-hydroxylation sites is 1. The molecule has 1 aliphatic rings. The van der Waals surface area contributed by atoms with E-state index in [2.05, 4.69) is 12.1 Å². The Kier molecular flexibility index (Phi) is 3.72. The van der Waals surface area contributed by atoms with Gasteiger partial charge in [0.2, 0.25) is 0 Å². The summed E-state index contributed by atoms with van der Waals surface area (Å²) in [5, 5.41) is 0. The SMILES string of the molecule is O=CC1=C(c2ccccc2)Oc2ccccc2[C@H]1c1ccccc1. The first-order chi connectivity index (χ1) is 11.9. The molecular weight excluding hydrogens is 296 g/mol.